The fraction of sp³-hybridized carbons (Fsp3) is 0.538. The molecule has 0 spiro atoms. The summed E-state index contributed by atoms with van der Waals surface area (Å²) < 4.78 is 26.4. The molecule has 0 atom stereocenters. The van der Waals surface area contributed by atoms with Gasteiger partial charge in [-0.3, -0.25) is 0 Å². The van der Waals surface area contributed by atoms with E-state index in [0.29, 0.717) is 6.54 Å². The molecular formula is C13H19ClN2O2S. The molecule has 0 saturated heterocycles. The highest BCUT2D eigenvalue weighted by atomic mass is 35.5. The number of rotatable bonds is 6. The number of hydrogen-bond acceptors (Lipinski definition) is 3. The largest absolute Gasteiger partial charge is 0.313 e. The number of halogens is 1. The van der Waals surface area contributed by atoms with Gasteiger partial charge in [0.2, 0.25) is 10.0 Å². The zero-order valence-electron chi connectivity index (χ0n) is 11.2. The molecule has 0 heterocycles. The zero-order valence-corrected chi connectivity index (χ0v) is 12.8. The lowest BCUT2D eigenvalue weighted by Crippen LogP contribution is -2.29. The Hall–Kier alpha value is -0.620. The van der Waals surface area contributed by atoms with Gasteiger partial charge in [0, 0.05) is 19.6 Å². The van der Waals surface area contributed by atoms with Crippen molar-refractivity contribution in [3.05, 3.63) is 28.8 Å². The van der Waals surface area contributed by atoms with Gasteiger partial charge in [-0.15, -0.1) is 0 Å². The Morgan fingerprint density at radius 2 is 2.11 bits per heavy atom. The second-order valence-corrected chi connectivity index (χ2v) is 7.17. The molecule has 0 amide bonds. The molecule has 2 rings (SSSR count). The van der Waals surface area contributed by atoms with Crippen molar-refractivity contribution in [3.63, 3.8) is 0 Å². The summed E-state index contributed by atoms with van der Waals surface area (Å²) >= 11 is 6.06. The van der Waals surface area contributed by atoms with Gasteiger partial charge in [0.1, 0.15) is 4.90 Å². The molecule has 0 aromatic heterocycles. The van der Waals surface area contributed by atoms with Crippen molar-refractivity contribution in [2.24, 2.45) is 0 Å². The highest BCUT2D eigenvalue weighted by molar-refractivity contribution is 7.89. The van der Waals surface area contributed by atoms with Crippen molar-refractivity contribution < 1.29 is 8.42 Å². The molecule has 1 aromatic carbocycles. The maximum Gasteiger partial charge on any atom is 0.244 e. The average Bonchev–Trinajstić information content (AvgIpc) is 3.21. The summed E-state index contributed by atoms with van der Waals surface area (Å²) in [5, 5.41) is 3.46. The molecule has 1 aromatic rings. The summed E-state index contributed by atoms with van der Waals surface area (Å²) in [4.78, 5) is 0.207. The summed E-state index contributed by atoms with van der Waals surface area (Å²) in [6.07, 6.45) is 1.87. The second-order valence-electron chi connectivity index (χ2n) is 4.80. The lowest BCUT2D eigenvalue weighted by molar-refractivity contribution is 0.464. The summed E-state index contributed by atoms with van der Waals surface area (Å²) in [5.74, 6) is 0. The van der Waals surface area contributed by atoms with Crippen LogP contribution in [0.4, 0.5) is 0 Å². The van der Waals surface area contributed by atoms with Crippen LogP contribution in [0.2, 0.25) is 5.02 Å². The van der Waals surface area contributed by atoms with Crippen LogP contribution in [-0.2, 0) is 16.6 Å². The van der Waals surface area contributed by atoms with E-state index in [1.165, 1.54) is 4.31 Å². The number of benzene rings is 1. The lowest BCUT2D eigenvalue weighted by Gasteiger charge is -2.18. The van der Waals surface area contributed by atoms with Crippen LogP contribution >= 0.6 is 11.6 Å². The first-order valence-electron chi connectivity index (χ1n) is 6.44. The first kappa shape index (κ1) is 14.8. The Morgan fingerprint density at radius 3 is 2.68 bits per heavy atom. The molecule has 19 heavy (non-hydrogen) atoms. The van der Waals surface area contributed by atoms with Crippen molar-refractivity contribution in [2.45, 2.75) is 37.2 Å². The minimum absolute atomic E-state index is 0.137. The normalized spacial score (nSPS) is 16.0. The van der Waals surface area contributed by atoms with Gasteiger partial charge in [-0.25, -0.2) is 8.42 Å². The molecule has 4 nitrogen and oxygen atoms in total. The summed E-state index contributed by atoms with van der Waals surface area (Å²) in [5.41, 5.74) is 0.925. The van der Waals surface area contributed by atoms with E-state index in [1.807, 2.05) is 13.0 Å². The maximum absolute atomic E-state index is 12.5. The summed E-state index contributed by atoms with van der Waals surface area (Å²) in [6.45, 7) is 3.49. The minimum atomic E-state index is -3.48. The van der Waals surface area contributed by atoms with Gasteiger partial charge in [-0.2, -0.15) is 4.31 Å². The molecule has 1 aliphatic carbocycles. The molecular weight excluding hydrogens is 284 g/mol. The summed E-state index contributed by atoms with van der Waals surface area (Å²) in [7, 11) is -1.86. The minimum Gasteiger partial charge on any atom is -0.313 e. The van der Waals surface area contributed by atoms with Crippen molar-refractivity contribution in [2.75, 3.05) is 13.6 Å². The predicted molar refractivity (Wildman–Crippen MR) is 76.8 cm³/mol. The van der Waals surface area contributed by atoms with E-state index in [2.05, 4.69) is 5.32 Å². The van der Waals surface area contributed by atoms with E-state index in [-0.39, 0.29) is 16.0 Å². The smallest absolute Gasteiger partial charge is 0.244 e. The van der Waals surface area contributed by atoms with Crippen LogP contribution in [0.25, 0.3) is 0 Å². The van der Waals surface area contributed by atoms with Crippen molar-refractivity contribution in [1.82, 2.24) is 9.62 Å². The molecule has 6 heteroatoms. The zero-order chi connectivity index (χ0) is 14.0. The molecule has 0 unspecified atom stereocenters. The third-order valence-corrected chi connectivity index (χ3v) is 5.68. The van der Waals surface area contributed by atoms with Crippen molar-refractivity contribution in [1.29, 1.82) is 0 Å². The van der Waals surface area contributed by atoms with Crippen LogP contribution in [0.1, 0.15) is 25.3 Å². The molecule has 0 aliphatic heterocycles. The van der Waals surface area contributed by atoms with E-state index in [4.69, 9.17) is 11.6 Å². The Morgan fingerprint density at radius 1 is 1.42 bits per heavy atom. The van der Waals surface area contributed by atoms with E-state index < -0.39 is 10.0 Å². The van der Waals surface area contributed by atoms with Crippen LogP contribution < -0.4 is 5.32 Å². The second kappa shape index (κ2) is 5.79. The van der Waals surface area contributed by atoms with Crippen LogP contribution in [-0.4, -0.2) is 32.4 Å². The van der Waals surface area contributed by atoms with E-state index in [0.717, 1.165) is 24.9 Å². The Bertz CT molecular complexity index is 556. The molecule has 1 fully saturated rings. The fourth-order valence-corrected chi connectivity index (χ4v) is 3.85. The van der Waals surface area contributed by atoms with Crippen LogP contribution in [0.5, 0.6) is 0 Å². The van der Waals surface area contributed by atoms with Gasteiger partial charge >= 0.3 is 0 Å². The Labute approximate surface area is 119 Å². The first-order valence-corrected chi connectivity index (χ1v) is 8.25. The van der Waals surface area contributed by atoms with E-state index >= 15 is 0 Å². The average molecular weight is 303 g/mol. The standard InChI is InChI=1S/C13H19ClN2O2S/c1-3-15-9-10-4-7-12(14)13(8-10)19(17,18)16(2)11-5-6-11/h4,7-8,11,15H,3,5-6,9H2,1-2H3. The topological polar surface area (TPSA) is 49.4 Å². The fourth-order valence-electron chi connectivity index (χ4n) is 1.91. The molecule has 1 N–H and O–H groups in total. The SMILES string of the molecule is CCNCc1ccc(Cl)c(S(=O)(=O)N(C)C2CC2)c1. The van der Waals surface area contributed by atoms with Gasteiger partial charge in [0.15, 0.2) is 0 Å². The van der Waals surface area contributed by atoms with Gasteiger partial charge in [-0.1, -0.05) is 24.6 Å². The van der Waals surface area contributed by atoms with Crippen LogP contribution in [0.15, 0.2) is 23.1 Å². The van der Waals surface area contributed by atoms with E-state index in [9.17, 15) is 8.42 Å². The van der Waals surface area contributed by atoms with Crippen LogP contribution in [0.3, 0.4) is 0 Å². The molecule has 0 bridgehead atoms. The molecule has 1 saturated carbocycles. The van der Waals surface area contributed by atoms with Crippen LogP contribution in [0, 0.1) is 0 Å². The predicted octanol–water partition coefficient (Wildman–Crippen LogP) is 2.23. The molecule has 0 radical (unpaired) electrons. The Balaban J connectivity index is 2.31. The first-order chi connectivity index (χ1) is 8.96. The third-order valence-electron chi connectivity index (χ3n) is 3.29. The highest BCUT2D eigenvalue weighted by Gasteiger charge is 2.36. The molecule has 1 aliphatic rings. The third kappa shape index (κ3) is 3.28. The maximum atomic E-state index is 12.5. The van der Waals surface area contributed by atoms with Gasteiger partial charge in [0.25, 0.3) is 0 Å². The number of sulfonamides is 1. The summed E-state index contributed by atoms with van der Waals surface area (Å²) in [6, 6.07) is 5.31. The van der Waals surface area contributed by atoms with Gasteiger partial charge in [0.05, 0.1) is 5.02 Å². The lowest BCUT2D eigenvalue weighted by atomic mass is 10.2. The Kier molecular flexibility index (Phi) is 4.50. The number of hydrogen-bond donors (Lipinski definition) is 1. The number of nitrogens with one attached hydrogen (secondary N) is 1. The number of nitrogens with zero attached hydrogens (tertiary/aromatic N) is 1. The monoisotopic (exact) mass is 302 g/mol. The highest BCUT2D eigenvalue weighted by Crippen LogP contribution is 2.33. The van der Waals surface area contributed by atoms with E-state index in [1.54, 1.807) is 19.2 Å². The molecule has 106 valence electrons. The van der Waals surface area contributed by atoms with Gasteiger partial charge < -0.3 is 5.32 Å². The quantitative estimate of drug-likeness (QED) is 0.877. The van der Waals surface area contributed by atoms with Gasteiger partial charge in [-0.05, 0) is 37.1 Å². The van der Waals surface area contributed by atoms with Crippen molar-refractivity contribution >= 4 is 21.6 Å². The van der Waals surface area contributed by atoms with Crippen molar-refractivity contribution in [3.8, 4) is 0 Å².